The standard InChI is InChI=1S/C18H22N2O4/c1-12(13-5-7-15(22-2)8-6-13)19-18(21)20-14-9-16(23-3)11-17(10-14)24-4/h5-12H,1-4H3,(H2,19,20,21). The summed E-state index contributed by atoms with van der Waals surface area (Å²) in [4.78, 5) is 12.2. The average Bonchev–Trinajstić information content (AvgIpc) is 2.61. The molecule has 1 unspecified atom stereocenters. The third kappa shape index (κ3) is 4.55. The van der Waals surface area contributed by atoms with Crippen molar-refractivity contribution in [1.82, 2.24) is 5.32 Å². The summed E-state index contributed by atoms with van der Waals surface area (Å²) in [5, 5.41) is 5.66. The van der Waals surface area contributed by atoms with E-state index in [4.69, 9.17) is 14.2 Å². The van der Waals surface area contributed by atoms with Crippen LogP contribution in [0.15, 0.2) is 42.5 Å². The van der Waals surface area contributed by atoms with E-state index < -0.39 is 0 Å². The number of benzene rings is 2. The van der Waals surface area contributed by atoms with Crippen LogP contribution in [0.5, 0.6) is 17.2 Å². The van der Waals surface area contributed by atoms with Gasteiger partial charge < -0.3 is 24.8 Å². The molecule has 0 aliphatic rings. The van der Waals surface area contributed by atoms with E-state index in [1.54, 1.807) is 39.5 Å². The highest BCUT2D eigenvalue weighted by Crippen LogP contribution is 2.26. The van der Waals surface area contributed by atoms with Gasteiger partial charge in [0.2, 0.25) is 0 Å². The molecule has 0 aliphatic carbocycles. The van der Waals surface area contributed by atoms with Gasteiger partial charge in [-0.2, -0.15) is 0 Å². The maximum atomic E-state index is 12.2. The van der Waals surface area contributed by atoms with E-state index in [1.165, 1.54) is 0 Å². The SMILES string of the molecule is COc1ccc(C(C)NC(=O)Nc2cc(OC)cc(OC)c2)cc1. The molecular formula is C18H22N2O4. The van der Waals surface area contributed by atoms with Gasteiger partial charge in [0.1, 0.15) is 17.2 Å². The van der Waals surface area contributed by atoms with E-state index in [9.17, 15) is 4.79 Å². The zero-order valence-corrected chi connectivity index (χ0v) is 14.3. The van der Waals surface area contributed by atoms with E-state index in [-0.39, 0.29) is 12.1 Å². The minimum absolute atomic E-state index is 0.150. The molecule has 2 N–H and O–H groups in total. The lowest BCUT2D eigenvalue weighted by Crippen LogP contribution is -2.31. The second-order valence-electron chi connectivity index (χ2n) is 5.19. The van der Waals surface area contributed by atoms with Gasteiger partial charge in [-0.05, 0) is 24.6 Å². The molecule has 6 heteroatoms. The van der Waals surface area contributed by atoms with Crippen LogP contribution in [0.25, 0.3) is 0 Å². The number of ether oxygens (including phenoxy) is 3. The molecule has 0 radical (unpaired) electrons. The summed E-state index contributed by atoms with van der Waals surface area (Å²) in [6.07, 6.45) is 0. The predicted molar refractivity (Wildman–Crippen MR) is 93.1 cm³/mol. The summed E-state index contributed by atoms with van der Waals surface area (Å²) in [5.74, 6) is 1.99. The number of urea groups is 1. The molecule has 0 heterocycles. The largest absolute Gasteiger partial charge is 0.497 e. The van der Waals surface area contributed by atoms with Crippen molar-refractivity contribution >= 4 is 11.7 Å². The number of rotatable bonds is 6. The Morgan fingerprint density at radius 3 is 1.92 bits per heavy atom. The smallest absolute Gasteiger partial charge is 0.319 e. The van der Waals surface area contributed by atoms with Gasteiger partial charge in [0.05, 0.1) is 27.4 Å². The minimum Gasteiger partial charge on any atom is -0.497 e. The summed E-state index contributed by atoms with van der Waals surface area (Å²) >= 11 is 0. The number of nitrogens with one attached hydrogen (secondary N) is 2. The zero-order chi connectivity index (χ0) is 17.5. The molecule has 0 aliphatic heterocycles. The van der Waals surface area contributed by atoms with Crippen LogP contribution in [0.1, 0.15) is 18.5 Å². The van der Waals surface area contributed by atoms with Crippen molar-refractivity contribution in [1.29, 1.82) is 0 Å². The maximum absolute atomic E-state index is 12.2. The number of hydrogen-bond donors (Lipinski definition) is 2. The monoisotopic (exact) mass is 330 g/mol. The molecule has 0 aromatic heterocycles. The number of methoxy groups -OCH3 is 3. The predicted octanol–water partition coefficient (Wildman–Crippen LogP) is 3.60. The highest BCUT2D eigenvalue weighted by molar-refractivity contribution is 5.90. The van der Waals surface area contributed by atoms with E-state index in [0.717, 1.165) is 11.3 Å². The summed E-state index contributed by atoms with van der Waals surface area (Å²) in [5.41, 5.74) is 1.57. The number of hydrogen-bond acceptors (Lipinski definition) is 4. The van der Waals surface area contributed by atoms with E-state index >= 15 is 0 Å². The van der Waals surface area contributed by atoms with Crippen LogP contribution in [0, 0.1) is 0 Å². The van der Waals surface area contributed by atoms with Crippen LogP contribution in [0.3, 0.4) is 0 Å². The Balaban J connectivity index is 2.01. The van der Waals surface area contributed by atoms with Crippen molar-refractivity contribution in [3.05, 3.63) is 48.0 Å². The van der Waals surface area contributed by atoms with Crippen molar-refractivity contribution < 1.29 is 19.0 Å². The van der Waals surface area contributed by atoms with Crippen LogP contribution >= 0.6 is 0 Å². The third-order valence-corrected chi connectivity index (χ3v) is 3.57. The van der Waals surface area contributed by atoms with Gasteiger partial charge in [-0.1, -0.05) is 12.1 Å². The summed E-state index contributed by atoms with van der Waals surface area (Å²) < 4.78 is 15.5. The van der Waals surface area contributed by atoms with Gasteiger partial charge >= 0.3 is 6.03 Å². The Kier molecular flexibility index (Phi) is 5.89. The van der Waals surface area contributed by atoms with E-state index in [1.807, 2.05) is 31.2 Å². The van der Waals surface area contributed by atoms with Crippen molar-refractivity contribution in [2.75, 3.05) is 26.6 Å². The molecule has 0 saturated heterocycles. The van der Waals surface area contributed by atoms with Crippen LogP contribution in [0.4, 0.5) is 10.5 Å². The van der Waals surface area contributed by atoms with Gasteiger partial charge in [0, 0.05) is 23.9 Å². The Morgan fingerprint density at radius 1 is 0.875 bits per heavy atom. The normalized spacial score (nSPS) is 11.3. The molecule has 2 rings (SSSR count). The second-order valence-corrected chi connectivity index (χ2v) is 5.19. The fraction of sp³-hybridized carbons (Fsp3) is 0.278. The Hall–Kier alpha value is -2.89. The topological polar surface area (TPSA) is 68.8 Å². The lowest BCUT2D eigenvalue weighted by atomic mass is 10.1. The van der Waals surface area contributed by atoms with E-state index in [0.29, 0.717) is 17.2 Å². The zero-order valence-electron chi connectivity index (χ0n) is 14.3. The number of anilines is 1. The first-order chi connectivity index (χ1) is 11.5. The summed E-state index contributed by atoms with van der Waals surface area (Å²) in [7, 11) is 4.74. The molecule has 128 valence electrons. The van der Waals surface area contributed by atoms with Gasteiger partial charge in [0.15, 0.2) is 0 Å². The van der Waals surface area contributed by atoms with Gasteiger partial charge in [-0.25, -0.2) is 4.79 Å². The van der Waals surface area contributed by atoms with Gasteiger partial charge in [0.25, 0.3) is 0 Å². The Labute approximate surface area is 141 Å². The van der Waals surface area contributed by atoms with Crippen LogP contribution in [0.2, 0.25) is 0 Å². The van der Waals surface area contributed by atoms with Crippen LogP contribution in [-0.4, -0.2) is 27.4 Å². The molecule has 2 amide bonds. The summed E-state index contributed by atoms with van der Waals surface area (Å²) in [6, 6.07) is 12.3. The first-order valence-electron chi connectivity index (χ1n) is 7.50. The van der Waals surface area contributed by atoms with Gasteiger partial charge in [-0.3, -0.25) is 0 Å². The molecule has 2 aromatic rings. The Morgan fingerprint density at radius 2 is 1.42 bits per heavy atom. The average molecular weight is 330 g/mol. The molecule has 0 fully saturated rings. The highest BCUT2D eigenvalue weighted by Gasteiger charge is 2.11. The lowest BCUT2D eigenvalue weighted by Gasteiger charge is -2.16. The number of amides is 2. The fourth-order valence-corrected chi connectivity index (χ4v) is 2.22. The van der Waals surface area contributed by atoms with Crippen LogP contribution < -0.4 is 24.8 Å². The van der Waals surface area contributed by atoms with E-state index in [2.05, 4.69) is 10.6 Å². The first kappa shape index (κ1) is 17.5. The van der Waals surface area contributed by atoms with Gasteiger partial charge in [-0.15, -0.1) is 0 Å². The molecule has 0 bridgehead atoms. The number of carbonyl (C=O) groups excluding carboxylic acids is 1. The Bertz CT molecular complexity index is 664. The second kappa shape index (κ2) is 8.10. The minimum atomic E-state index is -0.311. The number of carbonyl (C=O) groups is 1. The highest BCUT2D eigenvalue weighted by atomic mass is 16.5. The third-order valence-electron chi connectivity index (χ3n) is 3.57. The molecular weight excluding hydrogens is 308 g/mol. The van der Waals surface area contributed by atoms with Crippen molar-refractivity contribution in [3.8, 4) is 17.2 Å². The lowest BCUT2D eigenvalue weighted by molar-refractivity contribution is 0.249. The fourth-order valence-electron chi connectivity index (χ4n) is 2.22. The summed E-state index contributed by atoms with van der Waals surface area (Å²) in [6.45, 7) is 1.91. The molecule has 1 atom stereocenters. The molecule has 24 heavy (non-hydrogen) atoms. The first-order valence-corrected chi connectivity index (χ1v) is 7.50. The van der Waals surface area contributed by atoms with Crippen molar-refractivity contribution in [3.63, 3.8) is 0 Å². The quantitative estimate of drug-likeness (QED) is 0.849. The molecule has 6 nitrogen and oxygen atoms in total. The van der Waals surface area contributed by atoms with Crippen LogP contribution in [-0.2, 0) is 0 Å². The van der Waals surface area contributed by atoms with Crippen molar-refractivity contribution in [2.45, 2.75) is 13.0 Å². The van der Waals surface area contributed by atoms with Crippen molar-refractivity contribution in [2.24, 2.45) is 0 Å². The molecule has 0 saturated carbocycles. The maximum Gasteiger partial charge on any atom is 0.319 e. The molecule has 2 aromatic carbocycles. The molecule has 0 spiro atoms.